The van der Waals surface area contributed by atoms with Gasteiger partial charge in [-0.3, -0.25) is 0 Å². The molecular weight excluding hydrogens is 496 g/mol. The predicted octanol–water partition coefficient (Wildman–Crippen LogP) is 4.01. The van der Waals surface area contributed by atoms with Gasteiger partial charge in [0.1, 0.15) is 22.9 Å². The molecule has 4 heterocycles. The summed E-state index contributed by atoms with van der Waals surface area (Å²) in [6.07, 6.45) is 2.74. The van der Waals surface area contributed by atoms with Crippen LogP contribution < -0.4 is 0 Å². The number of aromatic nitrogens is 4. The van der Waals surface area contributed by atoms with Crippen LogP contribution in [0.3, 0.4) is 0 Å². The Kier molecular flexibility index (Phi) is 6.66. The number of nitrogens with zero attached hydrogens (tertiary/aromatic N) is 5. The zero-order chi connectivity index (χ0) is 27.2. The van der Waals surface area contributed by atoms with E-state index in [1.54, 1.807) is 29.2 Å². The first-order valence-corrected chi connectivity index (χ1v) is 12.3. The Morgan fingerprint density at radius 2 is 1.95 bits per heavy atom. The molecular formula is C27H29F2N5O4. The molecule has 1 N–H and O–H groups in total. The summed E-state index contributed by atoms with van der Waals surface area (Å²) in [5, 5.41) is 14.5. The first-order chi connectivity index (χ1) is 18.0. The normalized spacial score (nSPS) is 16.3. The number of benzene rings is 1. The monoisotopic (exact) mass is 525 g/mol. The summed E-state index contributed by atoms with van der Waals surface area (Å²) in [5.41, 5.74) is 1.29. The number of hydrogen-bond donors (Lipinski definition) is 1. The van der Waals surface area contributed by atoms with Crippen LogP contribution in [-0.2, 0) is 21.5 Å². The molecule has 1 unspecified atom stereocenters. The van der Waals surface area contributed by atoms with Crippen LogP contribution in [0.5, 0.6) is 0 Å². The van der Waals surface area contributed by atoms with Crippen molar-refractivity contribution in [2.24, 2.45) is 0 Å². The largest absolute Gasteiger partial charge is 0.453 e. The Morgan fingerprint density at radius 1 is 1.21 bits per heavy atom. The van der Waals surface area contributed by atoms with Crippen LogP contribution in [0.2, 0.25) is 0 Å². The first kappa shape index (κ1) is 25.8. The minimum atomic E-state index is -1.20. The van der Waals surface area contributed by atoms with Crippen molar-refractivity contribution >= 4 is 11.7 Å². The highest BCUT2D eigenvalue weighted by molar-refractivity contribution is 5.70. The Morgan fingerprint density at radius 3 is 2.61 bits per heavy atom. The van der Waals surface area contributed by atoms with Gasteiger partial charge in [-0.2, -0.15) is 5.10 Å². The second-order valence-electron chi connectivity index (χ2n) is 9.94. The summed E-state index contributed by atoms with van der Waals surface area (Å²) < 4.78 is 45.1. The summed E-state index contributed by atoms with van der Waals surface area (Å²) in [6, 6.07) is 7.69. The van der Waals surface area contributed by atoms with Crippen molar-refractivity contribution in [3.05, 3.63) is 71.3 Å². The third kappa shape index (κ3) is 4.86. The average molecular weight is 526 g/mol. The lowest BCUT2D eigenvalue weighted by molar-refractivity contribution is -0.0241. The summed E-state index contributed by atoms with van der Waals surface area (Å²) in [5.74, 6) is -1.61. The van der Waals surface area contributed by atoms with Crippen molar-refractivity contribution in [2.75, 3.05) is 26.8 Å². The molecule has 3 aromatic heterocycles. The van der Waals surface area contributed by atoms with Crippen LogP contribution in [0.25, 0.3) is 22.6 Å². The van der Waals surface area contributed by atoms with Crippen molar-refractivity contribution in [3.63, 3.8) is 0 Å². The van der Waals surface area contributed by atoms with Gasteiger partial charge in [-0.1, -0.05) is 0 Å². The highest BCUT2D eigenvalue weighted by atomic mass is 19.1. The minimum absolute atomic E-state index is 0.161. The van der Waals surface area contributed by atoms with Gasteiger partial charge in [0.15, 0.2) is 0 Å². The van der Waals surface area contributed by atoms with Gasteiger partial charge in [-0.15, -0.1) is 0 Å². The fourth-order valence-electron chi connectivity index (χ4n) is 4.66. The molecule has 1 aromatic carbocycles. The molecule has 1 atom stereocenters. The van der Waals surface area contributed by atoms with Gasteiger partial charge in [0.25, 0.3) is 0 Å². The van der Waals surface area contributed by atoms with Crippen LogP contribution in [0.15, 0.2) is 42.7 Å². The van der Waals surface area contributed by atoms with E-state index in [0.29, 0.717) is 30.2 Å². The second-order valence-corrected chi connectivity index (χ2v) is 9.94. The van der Waals surface area contributed by atoms with Gasteiger partial charge in [-0.05, 0) is 44.5 Å². The van der Waals surface area contributed by atoms with Gasteiger partial charge in [0.05, 0.1) is 54.7 Å². The van der Waals surface area contributed by atoms with Crippen molar-refractivity contribution in [1.82, 2.24) is 24.1 Å². The zero-order valence-electron chi connectivity index (χ0n) is 21.6. The number of imidazole rings is 1. The number of fused-ring (bicyclic) bond motifs is 1. The smallest absolute Gasteiger partial charge is 0.409 e. The van der Waals surface area contributed by atoms with Gasteiger partial charge in [0.2, 0.25) is 0 Å². The molecule has 1 saturated heterocycles. The van der Waals surface area contributed by atoms with Crippen LogP contribution in [0, 0.1) is 18.6 Å². The molecule has 0 radical (unpaired) electrons. The van der Waals surface area contributed by atoms with Crippen LogP contribution >= 0.6 is 0 Å². The van der Waals surface area contributed by atoms with E-state index < -0.39 is 29.4 Å². The topological polar surface area (TPSA) is 94.1 Å². The van der Waals surface area contributed by atoms with E-state index in [4.69, 9.17) is 9.47 Å². The predicted molar refractivity (Wildman–Crippen MR) is 135 cm³/mol. The summed E-state index contributed by atoms with van der Waals surface area (Å²) >= 11 is 0. The lowest BCUT2D eigenvalue weighted by atomic mass is 10.0. The Labute approximate surface area is 218 Å². The number of rotatable bonds is 5. The van der Waals surface area contributed by atoms with Crippen LogP contribution in [0.4, 0.5) is 13.6 Å². The fourth-order valence-corrected chi connectivity index (χ4v) is 4.66. The van der Waals surface area contributed by atoms with Gasteiger partial charge < -0.3 is 23.9 Å². The van der Waals surface area contributed by atoms with E-state index in [0.717, 1.165) is 5.56 Å². The summed E-state index contributed by atoms with van der Waals surface area (Å²) in [4.78, 5) is 18.2. The molecule has 38 heavy (non-hydrogen) atoms. The zero-order valence-corrected chi connectivity index (χ0v) is 21.6. The summed E-state index contributed by atoms with van der Waals surface area (Å²) in [6.45, 7) is 6.06. The Balaban J connectivity index is 1.56. The molecule has 0 saturated carbocycles. The average Bonchev–Trinajstić information content (AvgIpc) is 3.49. The summed E-state index contributed by atoms with van der Waals surface area (Å²) in [7, 11) is 1.32. The Bertz CT molecular complexity index is 1480. The molecule has 4 aromatic rings. The number of halogens is 2. The number of carbonyl (C=O) groups excluding carboxylic acids is 1. The van der Waals surface area contributed by atoms with E-state index in [1.165, 1.54) is 30.1 Å². The number of aliphatic hydroxyl groups is 1. The SMILES string of the molecule is COC(=O)N1CCOC(Cc2c(-c3c(F)cc(-n4ccc(C(C)(C)O)n4)cc3F)nc3cc(C)ccn23)C1. The molecule has 0 bridgehead atoms. The van der Waals surface area contributed by atoms with Gasteiger partial charge in [-0.25, -0.2) is 23.2 Å². The number of amides is 1. The maximum absolute atomic E-state index is 15.6. The molecule has 5 rings (SSSR count). The number of carbonyl (C=O) groups is 1. The molecule has 0 spiro atoms. The van der Waals surface area contributed by atoms with E-state index in [-0.39, 0.29) is 29.9 Å². The molecule has 1 aliphatic heterocycles. The highest BCUT2D eigenvalue weighted by Crippen LogP contribution is 2.33. The lowest BCUT2D eigenvalue weighted by Gasteiger charge is -2.32. The molecule has 9 nitrogen and oxygen atoms in total. The van der Waals surface area contributed by atoms with Crippen molar-refractivity contribution in [1.29, 1.82) is 0 Å². The maximum atomic E-state index is 15.6. The number of hydrogen-bond acceptors (Lipinski definition) is 6. The quantitative estimate of drug-likeness (QED) is 0.423. The molecule has 11 heteroatoms. The molecule has 1 amide bonds. The van der Waals surface area contributed by atoms with Crippen molar-refractivity contribution < 1.29 is 28.2 Å². The van der Waals surface area contributed by atoms with E-state index in [9.17, 15) is 9.90 Å². The number of morpholine rings is 1. The van der Waals surface area contributed by atoms with E-state index >= 15 is 8.78 Å². The second kappa shape index (κ2) is 9.80. The third-order valence-corrected chi connectivity index (χ3v) is 6.62. The van der Waals surface area contributed by atoms with Crippen LogP contribution in [-0.4, -0.2) is 68.2 Å². The molecule has 200 valence electrons. The van der Waals surface area contributed by atoms with Crippen LogP contribution in [0.1, 0.15) is 30.8 Å². The first-order valence-electron chi connectivity index (χ1n) is 12.3. The third-order valence-electron chi connectivity index (χ3n) is 6.62. The van der Waals surface area contributed by atoms with Crippen molar-refractivity contribution in [2.45, 2.75) is 38.9 Å². The highest BCUT2D eigenvalue weighted by Gasteiger charge is 2.29. The van der Waals surface area contributed by atoms with E-state index in [2.05, 4.69) is 10.1 Å². The van der Waals surface area contributed by atoms with Crippen molar-refractivity contribution in [3.8, 4) is 16.9 Å². The lowest BCUT2D eigenvalue weighted by Crippen LogP contribution is -2.46. The van der Waals surface area contributed by atoms with Gasteiger partial charge in [0, 0.05) is 37.5 Å². The number of ether oxygens (including phenoxy) is 2. The minimum Gasteiger partial charge on any atom is -0.453 e. The molecule has 1 fully saturated rings. The maximum Gasteiger partial charge on any atom is 0.409 e. The molecule has 0 aliphatic carbocycles. The Hall–Kier alpha value is -3.83. The van der Waals surface area contributed by atoms with Gasteiger partial charge >= 0.3 is 6.09 Å². The number of pyridine rings is 1. The molecule has 1 aliphatic rings. The number of aryl methyl sites for hydroxylation is 1. The van der Waals surface area contributed by atoms with E-state index in [1.807, 2.05) is 25.3 Å². The number of methoxy groups -OCH3 is 1. The fraction of sp³-hybridized carbons (Fsp3) is 0.370. The standard InChI is InChI=1S/C27H29F2N5O4/c1-16-5-7-33-21(14-18-15-32(9-10-38-18)26(35)37-4)25(30-23(33)11-16)24-19(28)12-17(13-20(24)29)34-8-6-22(31-34)27(2,3)36/h5-8,11-13,18,36H,9-10,14-15H2,1-4H3.